The van der Waals surface area contributed by atoms with Gasteiger partial charge in [-0.05, 0) is 18.2 Å². The van der Waals surface area contributed by atoms with Crippen LogP contribution in [0.2, 0.25) is 0 Å². The number of anilines is 1. The van der Waals surface area contributed by atoms with Crippen molar-refractivity contribution in [3.05, 3.63) is 47.5 Å². The van der Waals surface area contributed by atoms with Gasteiger partial charge >= 0.3 is 0 Å². The third kappa shape index (κ3) is 3.93. The molecule has 1 saturated heterocycles. The quantitative estimate of drug-likeness (QED) is 0.782. The van der Waals surface area contributed by atoms with E-state index in [0.29, 0.717) is 17.2 Å². The minimum absolute atomic E-state index is 0.624. The zero-order valence-electron chi connectivity index (χ0n) is 16.1. The maximum absolute atomic E-state index is 9.32. The maximum Gasteiger partial charge on any atom is 0.203 e. The Morgan fingerprint density at radius 1 is 0.889 bits per heavy atom. The molecule has 3 rings (SSSR count). The third-order valence-electron chi connectivity index (χ3n) is 4.92. The van der Waals surface area contributed by atoms with Crippen LogP contribution in [0.1, 0.15) is 11.1 Å². The lowest BCUT2D eigenvalue weighted by Crippen LogP contribution is -2.46. The third-order valence-corrected chi connectivity index (χ3v) is 4.92. The summed E-state index contributed by atoms with van der Waals surface area (Å²) in [7, 11) is 4.89. The summed E-state index contributed by atoms with van der Waals surface area (Å²) in [6.07, 6.45) is 0. The molecular formula is C21H25N3O3. The Kier molecular flexibility index (Phi) is 6.05. The van der Waals surface area contributed by atoms with E-state index in [9.17, 15) is 5.26 Å². The minimum Gasteiger partial charge on any atom is -0.493 e. The van der Waals surface area contributed by atoms with E-state index in [1.54, 1.807) is 21.3 Å². The summed E-state index contributed by atoms with van der Waals surface area (Å²) in [6.45, 7) is 4.37. The molecule has 0 aromatic heterocycles. The van der Waals surface area contributed by atoms with Gasteiger partial charge in [-0.15, -0.1) is 0 Å². The van der Waals surface area contributed by atoms with Crippen LogP contribution in [0.3, 0.4) is 0 Å². The normalized spacial score (nSPS) is 14.5. The van der Waals surface area contributed by atoms with Crippen molar-refractivity contribution in [1.82, 2.24) is 4.90 Å². The van der Waals surface area contributed by atoms with Gasteiger partial charge in [0.2, 0.25) is 5.75 Å². The van der Waals surface area contributed by atoms with Crippen molar-refractivity contribution in [3.63, 3.8) is 0 Å². The van der Waals surface area contributed by atoms with Crippen LogP contribution in [0.5, 0.6) is 17.2 Å². The number of nitriles is 1. The summed E-state index contributed by atoms with van der Waals surface area (Å²) in [5.74, 6) is 2.00. The van der Waals surface area contributed by atoms with Gasteiger partial charge in [-0.25, -0.2) is 0 Å². The molecule has 1 aliphatic heterocycles. The van der Waals surface area contributed by atoms with Crippen LogP contribution in [0.25, 0.3) is 0 Å². The Labute approximate surface area is 160 Å². The van der Waals surface area contributed by atoms with Crippen LogP contribution >= 0.6 is 0 Å². The Balaban J connectivity index is 1.70. The standard InChI is InChI=1S/C21H25N3O3/c1-25-19-9-8-17(20(26-2)21(19)27-3)15-23-10-12-24(13-11-23)18-7-5-4-6-16(18)14-22/h4-9H,10-13,15H2,1-3H3. The zero-order valence-corrected chi connectivity index (χ0v) is 16.1. The molecule has 142 valence electrons. The number of methoxy groups -OCH3 is 3. The molecule has 1 heterocycles. The fourth-order valence-electron chi connectivity index (χ4n) is 3.52. The first kappa shape index (κ1) is 18.9. The van der Waals surface area contributed by atoms with Crippen LogP contribution in [-0.4, -0.2) is 52.4 Å². The smallest absolute Gasteiger partial charge is 0.203 e. The first-order valence-electron chi connectivity index (χ1n) is 8.96. The highest BCUT2D eigenvalue weighted by Crippen LogP contribution is 2.40. The molecule has 27 heavy (non-hydrogen) atoms. The number of hydrogen-bond donors (Lipinski definition) is 0. The molecule has 0 unspecified atom stereocenters. The van der Waals surface area contributed by atoms with Crippen LogP contribution in [-0.2, 0) is 6.54 Å². The highest BCUT2D eigenvalue weighted by molar-refractivity contribution is 5.59. The fraction of sp³-hybridized carbons (Fsp3) is 0.381. The fourth-order valence-corrected chi connectivity index (χ4v) is 3.52. The van der Waals surface area contributed by atoms with Crippen LogP contribution in [0.15, 0.2) is 36.4 Å². The average Bonchev–Trinajstić information content (AvgIpc) is 2.73. The molecule has 0 amide bonds. The summed E-state index contributed by atoms with van der Waals surface area (Å²) in [4.78, 5) is 4.66. The highest BCUT2D eigenvalue weighted by atomic mass is 16.5. The molecule has 0 atom stereocenters. The molecular weight excluding hydrogens is 342 g/mol. The number of benzene rings is 2. The van der Waals surface area contributed by atoms with Gasteiger partial charge in [-0.3, -0.25) is 4.90 Å². The monoisotopic (exact) mass is 367 g/mol. The molecule has 0 saturated carbocycles. The molecule has 0 spiro atoms. The van der Waals surface area contributed by atoms with E-state index in [-0.39, 0.29) is 0 Å². The number of para-hydroxylation sites is 1. The SMILES string of the molecule is COc1ccc(CN2CCN(c3ccccc3C#N)CC2)c(OC)c1OC. The average molecular weight is 367 g/mol. The number of nitrogens with zero attached hydrogens (tertiary/aromatic N) is 3. The molecule has 2 aromatic carbocycles. The highest BCUT2D eigenvalue weighted by Gasteiger charge is 2.22. The van der Waals surface area contributed by atoms with Gasteiger partial charge in [0.25, 0.3) is 0 Å². The van der Waals surface area contributed by atoms with E-state index in [4.69, 9.17) is 14.2 Å². The number of ether oxygens (including phenoxy) is 3. The number of rotatable bonds is 6. The maximum atomic E-state index is 9.32. The topological polar surface area (TPSA) is 58.0 Å². The zero-order chi connectivity index (χ0) is 19.2. The van der Waals surface area contributed by atoms with Gasteiger partial charge in [0.05, 0.1) is 32.6 Å². The number of hydrogen-bond acceptors (Lipinski definition) is 6. The van der Waals surface area contributed by atoms with Gasteiger partial charge in [0.1, 0.15) is 6.07 Å². The van der Waals surface area contributed by atoms with Crippen molar-refractivity contribution in [3.8, 4) is 23.3 Å². The van der Waals surface area contributed by atoms with Crippen molar-refractivity contribution < 1.29 is 14.2 Å². The minimum atomic E-state index is 0.624. The van der Waals surface area contributed by atoms with Crippen LogP contribution in [0, 0.1) is 11.3 Å². The second-order valence-corrected chi connectivity index (χ2v) is 6.39. The van der Waals surface area contributed by atoms with E-state index in [1.807, 2.05) is 36.4 Å². The van der Waals surface area contributed by atoms with Crippen molar-refractivity contribution in [1.29, 1.82) is 5.26 Å². The second-order valence-electron chi connectivity index (χ2n) is 6.39. The van der Waals surface area contributed by atoms with E-state index in [2.05, 4.69) is 15.9 Å². The lowest BCUT2D eigenvalue weighted by atomic mass is 10.1. The van der Waals surface area contributed by atoms with Crippen molar-refractivity contribution in [2.24, 2.45) is 0 Å². The first-order valence-corrected chi connectivity index (χ1v) is 8.96. The summed E-state index contributed by atoms with van der Waals surface area (Å²) in [6, 6.07) is 14.0. The van der Waals surface area contributed by atoms with E-state index in [1.165, 1.54) is 0 Å². The Hall–Kier alpha value is -2.91. The van der Waals surface area contributed by atoms with E-state index >= 15 is 0 Å². The molecule has 6 heteroatoms. The van der Waals surface area contributed by atoms with Crippen molar-refractivity contribution in [2.45, 2.75) is 6.54 Å². The predicted octanol–water partition coefficient (Wildman–Crippen LogP) is 2.91. The lowest BCUT2D eigenvalue weighted by molar-refractivity contribution is 0.243. The largest absolute Gasteiger partial charge is 0.493 e. The summed E-state index contributed by atoms with van der Waals surface area (Å²) < 4.78 is 16.4. The molecule has 2 aromatic rings. The Bertz CT molecular complexity index is 824. The second kappa shape index (κ2) is 8.65. The van der Waals surface area contributed by atoms with Gasteiger partial charge in [0.15, 0.2) is 11.5 Å². The molecule has 0 N–H and O–H groups in total. The predicted molar refractivity (Wildman–Crippen MR) is 105 cm³/mol. The van der Waals surface area contributed by atoms with Gasteiger partial charge in [-0.1, -0.05) is 18.2 Å². The summed E-state index contributed by atoms with van der Waals surface area (Å²) in [5.41, 5.74) is 2.82. The Morgan fingerprint density at radius 2 is 1.59 bits per heavy atom. The molecule has 0 bridgehead atoms. The summed E-state index contributed by atoms with van der Waals surface area (Å²) in [5, 5.41) is 9.32. The van der Waals surface area contributed by atoms with E-state index < -0.39 is 0 Å². The van der Waals surface area contributed by atoms with Gasteiger partial charge < -0.3 is 19.1 Å². The van der Waals surface area contributed by atoms with Crippen LogP contribution in [0.4, 0.5) is 5.69 Å². The molecule has 0 radical (unpaired) electrons. The first-order chi connectivity index (χ1) is 13.2. The van der Waals surface area contributed by atoms with Gasteiger partial charge in [-0.2, -0.15) is 5.26 Å². The lowest BCUT2D eigenvalue weighted by Gasteiger charge is -2.36. The van der Waals surface area contributed by atoms with Gasteiger partial charge in [0, 0.05) is 38.3 Å². The molecule has 6 nitrogen and oxygen atoms in total. The Morgan fingerprint density at radius 3 is 2.22 bits per heavy atom. The van der Waals surface area contributed by atoms with E-state index in [0.717, 1.165) is 49.5 Å². The van der Waals surface area contributed by atoms with Crippen LogP contribution < -0.4 is 19.1 Å². The van der Waals surface area contributed by atoms with Crippen molar-refractivity contribution in [2.75, 3.05) is 52.4 Å². The van der Waals surface area contributed by atoms with Crippen molar-refractivity contribution >= 4 is 5.69 Å². The number of piperazine rings is 1. The molecule has 0 aliphatic carbocycles. The summed E-state index contributed by atoms with van der Waals surface area (Å²) >= 11 is 0. The molecule has 1 fully saturated rings. The molecule has 1 aliphatic rings.